The Balaban J connectivity index is 0.00000504. The first-order valence-electron chi connectivity index (χ1n) is 20.3. The highest BCUT2D eigenvalue weighted by Crippen LogP contribution is 2.57. The zero-order valence-corrected chi connectivity index (χ0v) is 34.8. The minimum atomic E-state index is -1.99. The number of benzene rings is 1. The number of phenols is 1. The number of aromatic hydroxyl groups is 1. The van der Waals surface area contributed by atoms with Gasteiger partial charge in [0.15, 0.2) is 0 Å². The van der Waals surface area contributed by atoms with Gasteiger partial charge in [0.05, 0.1) is 45.2 Å². The average molecular weight is 757 g/mol. The Morgan fingerprint density at radius 2 is 0.925 bits per heavy atom. The Kier molecular flexibility index (Phi) is 28.1. The molecule has 0 atom stereocenters. The number of unbranched alkanes of at least 4 members (excludes halogenated alkanes) is 2. The molecule has 53 heavy (non-hydrogen) atoms. The van der Waals surface area contributed by atoms with Crippen LogP contribution in [0.1, 0.15) is 145 Å². The van der Waals surface area contributed by atoms with Crippen molar-refractivity contribution in [3.63, 3.8) is 0 Å². The molecule has 0 aromatic heterocycles. The van der Waals surface area contributed by atoms with Gasteiger partial charge in [-0.2, -0.15) is 0 Å². The number of carbonyl (C=O) groups is 1. The summed E-state index contributed by atoms with van der Waals surface area (Å²) in [5.74, 6) is -8.27. The molecule has 2 N–H and O–H groups in total. The minimum absolute atomic E-state index is 0.0188. The van der Waals surface area contributed by atoms with Crippen molar-refractivity contribution in [3.05, 3.63) is 42.5 Å². The van der Waals surface area contributed by atoms with Gasteiger partial charge in [0, 0.05) is 25.7 Å². The van der Waals surface area contributed by atoms with Gasteiger partial charge >= 0.3 is 5.97 Å². The molecule has 0 saturated heterocycles. The van der Waals surface area contributed by atoms with Crippen LogP contribution in [0.4, 0.5) is 0 Å². The number of rotatable bonds is 33. The van der Waals surface area contributed by atoms with E-state index in [4.69, 9.17) is 43.0 Å². The van der Waals surface area contributed by atoms with Crippen molar-refractivity contribution in [2.75, 3.05) is 52.9 Å². The van der Waals surface area contributed by atoms with Crippen molar-refractivity contribution in [2.45, 2.75) is 163 Å². The van der Waals surface area contributed by atoms with Crippen LogP contribution in [0.3, 0.4) is 0 Å². The van der Waals surface area contributed by atoms with E-state index in [1.165, 1.54) is 0 Å². The van der Waals surface area contributed by atoms with Gasteiger partial charge in [-0.25, -0.2) is 4.79 Å². The van der Waals surface area contributed by atoms with Crippen LogP contribution in [-0.2, 0) is 48.5 Å². The van der Waals surface area contributed by atoms with Crippen LogP contribution >= 0.6 is 0 Å². The summed E-state index contributed by atoms with van der Waals surface area (Å²) >= 11 is 0. The lowest BCUT2D eigenvalue weighted by atomic mass is 9.81. The van der Waals surface area contributed by atoms with Gasteiger partial charge < -0.3 is 48.1 Å². The number of para-hydroxylation sites is 1. The van der Waals surface area contributed by atoms with E-state index in [-0.39, 0.29) is 45.4 Å². The molecular formula is C42H76O11. The summed E-state index contributed by atoms with van der Waals surface area (Å²) in [4.78, 5) is 9.25. The topological polar surface area (TPSA) is 131 Å². The first-order chi connectivity index (χ1) is 25.6. The highest BCUT2D eigenvalue weighted by atomic mass is 16.9. The van der Waals surface area contributed by atoms with Gasteiger partial charge in [-0.15, -0.1) is 0 Å². The molecule has 0 spiro atoms. The van der Waals surface area contributed by atoms with Crippen LogP contribution in [-0.4, -0.2) is 86.4 Å². The first-order valence-corrected chi connectivity index (χ1v) is 20.3. The number of phenolic OH excluding ortho intramolecular Hbond substituents is 1. The fourth-order valence-corrected chi connectivity index (χ4v) is 5.81. The van der Waals surface area contributed by atoms with Gasteiger partial charge in [0.1, 0.15) is 5.75 Å². The lowest BCUT2D eigenvalue weighted by Crippen LogP contribution is -2.80. The van der Waals surface area contributed by atoms with Gasteiger partial charge in [-0.1, -0.05) is 93.9 Å². The third-order valence-electron chi connectivity index (χ3n) is 8.05. The second kappa shape index (κ2) is 29.2. The number of hydrogen-bond donors (Lipinski definition) is 2. The van der Waals surface area contributed by atoms with Crippen molar-refractivity contribution in [1.29, 1.82) is 0 Å². The molecule has 0 unspecified atom stereocenters. The molecule has 11 heteroatoms. The molecule has 0 fully saturated rings. The fraction of sp³-hybridized carbons (Fsp3) is 0.786. The second-order valence-corrected chi connectivity index (χ2v) is 12.9. The summed E-state index contributed by atoms with van der Waals surface area (Å²) in [5.41, 5.74) is 0.358. The summed E-state index contributed by atoms with van der Waals surface area (Å²) in [6.45, 7) is 24.0. The quantitative estimate of drug-likeness (QED) is 0.0404. The molecule has 11 nitrogen and oxygen atoms in total. The van der Waals surface area contributed by atoms with E-state index in [2.05, 4.69) is 41.2 Å². The molecule has 0 bridgehead atoms. The Hall–Kier alpha value is -2.09. The van der Waals surface area contributed by atoms with Gasteiger partial charge in [-0.05, 0) is 69.9 Å². The Bertz CT molecular complexity index is 1030. The number of carboxylic acids is 1. The highest BCUT2D eigenvalue weighted by Gasteiger charge is 2.79. The van der Waals surface area contributed by atoms with Crippen LogP contribution in [0, 0.1) is 0 Å². The maximum absolute atomic E-state index is 11.7. The van der Waals surface area contributed by atoms with Crippen molar-refractivity contribution in [2.24, 2.45) is 0 Å². The van der Waals surface area contributed by atoms with E-state index in [1.54, 1.807) is 12.1 Å². The third-order valence-corrected chi connectivity index (χ3v) is 8.05. The SMILES string of the molecule is C=CC(=O)O.CCCCCC(OCCC)(OCCC)C(OCCC)(OCCC)C(OCCC)(OCCC)C(OCCC)(OCCC)c1ccccc1O. The zero-order valence-electron chi connectivity index (χ0n) is 34.8. The summed E-state index contributed by atoms with van der Waals surface area (Å²) in [6, 6.07) is 7.08. The Labute approximate surface area is 322 Å². The predicted molar refractivity (Wildman–Crippen MR) is 210 cm³/mol. The average Bonchev–Trinajstić information content (AvgIpc) is 3.17. The van der Waals surface area contributed by atoms with E-state index in [0.29, 0.717) is 63.7 Å². The van der Waals surface area contributed by atoms with Crippen LogP contribution in [0.25, 0.3) is 0 Å². The van der Waals surface area contributed by atoms with Crippen molar-refractivity contribution in [1.82, 2.24) is 0 Å². The fourth-order valence-electron chi connectivity index (χ4n) is 5.81. The molecule has 310 valence electrons. The van der Waals surface area contributed by atoms with Gasteiger partial charge in [0.25, 0.3) is 17.4 Å². The standard InChI is InChI=1S/C39H72O9.C3H4O2/c1-10-19-22-25-36(41-26-11-2,42-27-12-3)38(45-30-15-6,46-31-16-7)39(47-32-17-8,48-33-18-9)37(43-28-13-4,44-29-14-5)34-23-20-21-24-35(34)40;1-2-3(4)5/h20-21,23-24,40H,10-19,22,25-33H2,1-9H3;2H,1H2,(H,4,5). The lowest BCUT2D eigenvalue weighted by molar-refractivity contribution is -0.552. The van der Waals surface area contributed by atoms with Crippen LogP contribution in [0.2, 0.25) is 0 Å². The number of carboxylic acid groups (broad SMARTS) is 1. The van der Waals surface area contributed by atoms with Crippen molar-refractivity contribution >= 4 is 5.97 Å². The number of hydrogen-bond acceptors (Lipinski definition) is 10. The molecular weight excluding hydrogens is 680 g/mol. The van der Waals surface area contributed by atoms with Crippen molar-refractivity contribution in [3.8, 4) is 5.75 Å². The van der Waals surface area contributed by atoms with E-state index in [1.807, 2.05) is 39.8 Å². The van der Waals surface area contributed by atoms with E-state index in [0.717, 1.165) is 38.2 Å². The summed E-state index contributed by atoms with van der Waals surface area (Å²) in [7, 11) is 0. The highest BCUT2D eigenvalue weighted by molar-refractivity contribution is 5.78. The lowest BCUT2D eigenvalue weighted by Gasteiger charge is -2.61. The van der Waals surface area contributed by atoms with Crippen LogP contribution in [0.15, 0.2) is 36.9 Å². The third kappa shape index (κ3) is 14.2. The van der Waals surface area contributed by atoms with Gasteiger partial charge in [0.2, 0.25) is 5.79 Å². The molecule has 0 heterocycles. The smallest absolute Gasteiger partial charge is 0.327 e. The van der Waals surface area contributed by atoms with E-state index >= 15 is 0 Å². The molecule has 0 aliphatic heterocycles. The summed E-state index contributed by atoms with van der Waals surface area (Å²) < 4.78 is 56.8. The molecule has 1 aromatic carbocycles. The monoisotopic (exact) mass is 757 g/mol. The molecule has 0 aliphatic rings. The Morgan fingerprint density at radius 1 is 0.566 bits per heavy atom. The van der Waals surface area contributed by atoms with Crippen molar-refractivity contribution < 1.29 is 52.9 Å². The van der Waals surface area contributed by atoms with Crippen LogP contribution in [0.5, 0.6) is 5.75 Å². The largest absolute Gasteiger partial charge is 0.507 e. The van der Waals surface area contributed by atoms with Gasteiger partial charge in [-0.3, -0.25) is 0 Å². The minimum Gasteiger partial charge on any atom is -0.507 e. The zero-order chi connectivity index (χ0) is 40.1. The molecule has 1 aromatic rings. The Morgan fingerprint density at radius 3 is 1.28 bits per heavy atom. The van der Waals surface area contributed by atoms with E-state index in [9.17, 15) is 9.90 Å². The predicted octanol–water partition coefficient (Wildman–Crippen LogP) is 9.88. The maximum Gasteiger partial charge on any atom is 0.327 e. The van der Waals surface area contributed by atoms with E-state index < -0.39 is 29.1 Å². The molecule has 0 radical (unpaired) electrons. The number of aliphatic carboxylic acids is 1. The molecule has 0 aliphatic carbocycles. The molecule has 1 rings (SSSR count). The normalized spacial score (nSPS) is 12.4. The second-order valence-electron chi connectivity index (χ2n) is 12.9. The number of ether oxygens (including phenoxy) is 8. The van der Waals surface area contributed by atoms with Crippen LogP contribution < -0.4 is 0 Å². The summed E-state index contributed by atoms with van der Waals surface area (Å²) in [5, 5.41) is 19.3. The first kappa shape index (κ1) is 50.9. The maximum atomic E-state index is 11.7. The molecule has 0 saturated carbocycles. The molecule has 0 amide bonds. The summed E-state index contributed by atoms with van der Waals surface area (Å²) in [6.07, 6.45) is 9.49.